The summed E-state index contributed by atoms with van der Waals surface area (Å²) < 4.78 is 0. The van der Waals surface area contributed by atoms with Gasteiger partial charge >= 0.3 is 21.1 Å². The summed E-state index contributed by atoms with van der Waals surface area (Å²) in [4.78, 5) is 0. The Bertz CT molecular complexity index is 29.1. The fraction of sp³-hybridized carbons (Fsp3) is 0.571. The number of piperidine rings is 1. The summed E-state index contributed by atoms with van der Waals surface area (Å²) in [6.45, 7) is 2.39. The van der Waals surface area contributed by atoms with Gasteiger partial charge in [0.15, 0.2) is 0 Å². The Labute approximate surface area is 105 Å². The van der Waals surface area contributed by atoms with E-state index in [0.717, 1.165) is 0 Å². The minimum absolute atomic E-state index is 0. The van der Waals surface area contributed by atoms with Crippen molar-refractivity contribution in [2.45, 2.75) is 12.8 Å². The molecule has 1 heterocycles. The molecule has 1 fully saturated rings. The molecule has 1 saturated heterocycles. The summed E-state index contributed by atoms with van der Waals surface area (Å²) in [5, 5.41) is 3.25. The summed E-state index contributed by atoms with van der Waals surface area (Å²) in [7, 11) is 0. The maximum atomic E-state index is 3.25. The quantitative estimate of drug-likeness (QED) is 0.622. The Morgan fingerprint density at radius 2 is 1.40 bits per heavy atom. The van der Waals surface area contributed by atoms with Crippen molar-refractivity contribution in [3.05, 3.63) is 21.3 Å². The molecule has 1 nitrogen and oxygen atoms in total. The van der Waals surface area contributed by atoms with Gasteiger partial charge in [-0.1, -0.05) is 0 Å². The molecule has 10 heavy (non-hydrogen) atoms. The van der Waals surface area contributed by atoms with E-state index < -0.39 is 0 Å². The van der Waals surface area contributed by atoms with Crippen LogP contribution in [-0.2, 0) is 53.8 Å². The van der Waals surface area contributed by atoms with Gasteiger partial charge in [-0.05, 0) is 13.1 Å². The Hall–Kier alpha value is 1.75. The van der Waals surface area contributed by atoms with Gasteiger partial charge < -0.3 is 26.6 Å². The molecule has 0 bridgehead atoms. The first kappa shape index (κ1) is 22.6. The Morgan fingerprint density at radius 1 is 1.00 bits per heavy atom. The number of rotatable bonds is 0. The summed E-state index contributed by atoms with van der Waals surface area (Å²) in [5.41, 5.74) is 0. The third-order valence-electron chi connectivity index (χ3n) is 1.05. The first-order valence-corrected chi connectivity index (χ1v) is 2.52. The Balaban J connectivity index is -0.0000000450. The van der Waals surface area contributed by atoms with E-state index in [-0.39, 0.29) is 68.6 Å². The Morgan fingerprint density at radius 3 is 1.50 bits per heavy atom. The van der Waals surface area contributed by atoms with E-state index in [1.54, 1.807) is 0 Å². The summed E-state index contributed by atoms with van der Waals surface area (Å²) >= 11 is 0. The van der Waals surface area contributed by atoms with Gasteiger partial charge in [-0.2, -0.15) is 12.8 Å². The van der Waals surface area contributed by atoms with Crippen molar-refractivity contribution < 1.29 is 53.8 Å². The van der Waals surface area contributed by atoms with Crippen molar-refractivity contribution >= 4 is 0 Å². The van der Waals surface area contributed by atoms with Gasteiger partial charge in [-0.3, -0.25) is 0 Å². The summed E-state index contributed by atoms with van der Waals surface area (Å²) in [6, 6.07) is 0. The zero-order valence-corrected chi connectivity index (χ0v) is 12.7. The van der Waals surface area contributed by atoms with Crippen LogP contribution in [0.2, 0.25) is 0 Å². The molecule has 0 aromatic heterocycles. The molecule has 1 rings (SSSR count). The van der Waals surface area contributed by atoms with Gasteiger partial charge in [0.1, 0.15) is 0 Å². The average molecular weight is 387 g/mol. The molecule has 0 unspecified atom stereocenters. The zero-order chi connectivity index (χ0) is 4.24. The molecule has 1 aliphatic heterocycles. The first-order chi connectivity index (χ1) is 3.00. The second kappa shape index (κ2) is 17.0. The van der Waals surface area contributed by atoms with Crippen molar-refractivity contribution in [1.29, 1.82) is 0 Å². The maximum absolute atomic E-state index is 3.25. The van der Waals surface area contributed by atoms with Crippen LogP contribution in [0.3, 0.4) is 0 Å². The van der Waals surface area contributed by atoms with Crippen molar-refractivity contribution in [3.63, 3.8) is 0 Å². The van der Waals surface area contributed by atoms with E-state index in [2.05, 4.69) is 11.7 Å². The molecule has 0 aliphatic carbocycles. The molecule has 3 heteroatoms. The fourth-order valence-electron chi connectivity index (χ4n) is 0.678. The van der Waals surface area contributed by atoms with Crippen LogP contribution < -0.4 is 5.32 Å². The van der Waals surface area contributed by atoms with E-state index in [0.29, 0.717) is 0 Å². The molecule has 0 spiro atoms. The van der Waals surface area contributed by atoms with Gasteiger partial charge in [0.25, 0.3) is 0 Å². The second-order valence-corrected chi connectivity index (χ2v) is 1.62. The minimum atomic E-state index is 0. The van der Waals surface area contributed by atoms with Crippen LogP contribution in [0.4, 0.5) is 0 Å². The van der Waals surface area contributed by atoms with Crippen LogP contribution in [0.25, 0.3) is 0 Å². The van der Waals surface area contributed by atoms with Crippen LogP contribution in [0, 0.1) is 21.3 Å². The molecule has 0 amide bonds. The molecule has 0 atom stereocenters. The molecule has 1 aliphatic rings. The third-order valence-corrected chi connectivity index (χ3v) is 1.05. The average Bonchev–Trinajstić information content (AvgIpc) is 1.72. The monoisotopic (exact) mass is 387 g/mol. The second-order valence-electron chi connectivity index (χ2n) is 1.62. The van der Waals surface area contributed by atoms with Gasteiger partial charge in [0, 0.05) is 32.7 Å². The summed E-state index contributed by atoms with van der Waals surface area (Å²) in [6.07, 6.45) is 4.86. The molecule has 59 valence electrons. The van der Waals surface area contributed by atoms with E-state index in [9.17, 15) is 0 Å². The van der Waals surface area contributed by atoms with Crippen molar-refractivity contribution in [1.82, 2.24) is 5.32 Å². The fourth-order valence-corrected chi connectivity index (χ4v) is 0.678. The molecule has 1 radical (unpaired) electrons. The van der Waals surface area contributed by atoms with Crippen molar-refractivity contribution in [2.24, 2.45) is 0 Å². The largest absolute Gasteiger partial charge is 2.00 e. The SMILES string of the molecule is [CH-]1CCNCC1.[CH3-].[CH3-].[W+2].[Y]. The van der Waals surface area contributed by atoms with Crippen LogP contribution >= 0.6 is 0 Å². The predicted molar refractivity (Wildman–Crippen MR) is 39.2 cm³/mol. The Kier molecular flexibility index (Phi) is 38.5. The van der Waals surface area contributed by atoms with Gasteiger partial charge in [-0.25, -0.2) is 0 Å². The molecular weight excluding hydrogens is 371 g/mol. The van der Waals surface area contributed by atoms with Gasteiger partial charge in [0.05, 0.1) is 0 Å². The number of hydrogen-bond donors (Lipinski definition) is 1. The third kappa shape index (κ3) is 12.4. The van der Waals surface area contributed by atoms with Gasteiger partial charge in [0.2, 0.25) is 0 Å². The van der Waals surface area contributed by atoms with E-state index in [1.165, 1.54) is 25.9 Å². The molecular formula is C7H16NWY-. The summed E-state index contributed by atoms with van der Waals surface area (Å²) in [5.74, 6) is 0. The molecule has 0 aromatic rings. The topological polar surface area (TPSA) is 12.0 Å². The van der Waals surface area contributed by atoms with Crippen LogP contribution in [0.1, 0.15) is 12.8 Å². The molecule has 1 N–H and O–H groups in total. The predicted octanol–water partition coefficient (Wildman–Crippen LogP) is 1.47. The van der Waals surface area contributed by atoms with Crippen LogP contribution in [0.5, 0.6) is 0 Å². The van der Waals surface area contributed by atoms with Crippen molar-refractivity contribution in [2.75, 3.05) is 13.1 Å². The van der Waals surface area contributed by atoms with Gasteiger partial charge in [-0.15, -0.1) is 0 Å². The smallest absolute Gasteiger partial charge is 0.358 e. The van der Waals surface area contributed by atoms with Crippen LogP contribution in [-0.4, -0.2) is 13.1 Å². The van der Waals surface area contributed by atoms with E-state index >= 15 is 0 Å². The molecule has 0 saturated carbocycles. The zero-order valence-electron chi connectivity index (χ0n) is 6.89. The van der Waals surface area contributed by atoms with Crippen LogP contribution in [0.15, 0.2) is 0 Å². The number of hydrogen-bond acceptors (Lipinski definition) is 1. The maximum Gasteiger partial charge on any atom is 2.00 e. The molecule has 0 aromatic carbocycles. The van der Waals surface area contributed by atoms with Crippen molar-refractivity contribution in [3.8, 4) is 0 Å². The normalized spacial score (nSPS) is 14.4. The van der Waals surface area contributed by atoms with E-state index in [4.69, 9.17) is 0 Å². The minimum Gasteiger partial charge on any atom is -0.358 e. The first-order valence-electron chi connectivity index (χ1n) is 2.52. The van der Waals surface area contributed by atoms with E-state index in [1.807, 2.05) is 0 Å². The number of nitrogens with one attached hydrogen (secondary N) is 1. The standard InChI is InChI=1S/C5H10N.2CH3.W.Y/c1-2-4-6-5-3-1;;;;/h1,6H,2-5H2;2*1H3;;/q3*-1;+2;.